The minimum Gasteiger partial charge on any atom is -0.389 e. The number of aliphatic hydroxyl groups is 1. The molecular weight excluding hydrogens is 174 g/mol. The molecule has 0 radical (unpaired) electrons. The number of rotatable bonds is 4. The van der Waals surface area contributed by atoms with Gasteiger partial charge in [-0.2, -0.15) is 0 Å². The van der Waals surface area contributed by atoms with E-state index in [0.29, 0.717) is 11.3 Å². The molecule has 2 nitrogen and oxygen atoms in total. The number of hydrogen-bond donors (Lipinski definition) is 1. The van der Waals surface area contributed by atoms with E-state index in [1.165, 1.54) is 0 Å². The van der Waals surface area contributed by atoms with Gasteiger partial charge in [-0.1, -0.05) is 27.7 Å². The Morgan fingerprint density at radius 3 is 2.21 bits per heavy atom. The summed E-state index contributed by atoms with van der Waals surface area (Å²) in [5.41, 5.74) is -0.0431. The molecule has 0 amide bonds. The van der Waals surface area contributed by atoms with E-state index in [4.69, 9.17) is 0 Å². The van der Waals surface area contributed by atoms with Crippen LogP contribution in [0.2, 0.25) is 0 Å². The Morgan fingerprint density at radius 1 is 1.36 bits per heavy atom. The van der Waals surface area contributed by atoms with Crippen molar-refractivity contribution >= 4 is 0 Å². The Balaban J connectivity index is 2.30. The van der Waals surface area contributed by atoms with Crippen LogP contribution in [0.15, 0.2) is 0 Å². The number of likely N-dealkylation sites (tertiary alicyclic amines) is 1. The van der Waals surface area contributed by atoms with Gasteiger partial charge in [0.1, 0.15) is 0 Å². The van der Waals surface area contributed by atoms with Crippen molar-refractivity contribution in [1.29, 1.82) is 0 Å². The highest BCUT2D eigenvalue weighted by atomic mass is 16.3. The third kappa shape index (κ3) is 3.58. The number of hydrogen-bond acceptors (Lipinski definition) is 2. The Kier molecular flexibility index (Phi) is 3.27. The van der Waals surface area contributed by atoms with Crippen molar-refractivity contribution in [3.05, 3.63) is 0 Å². The van der Waals surface area contributed by atoms with Crippen molar-refractivity contribution in [3.63, 3.8) is 0 Å². The second kappa shape index (κ2) is 3.82. The standard InChI is InChI=1S/C12H25NO/c1-10(2)6-12(5,14)9-13-7-11(3,4)8-13/h10,14H,6-9H2,1-5H3. The fraction of sp³-hybridized carbons (Fsp3) is 1.00. The zero-order valence-electron chi connectivity index (χ0n) is 10.3. The second-order valence-electron chi connectivity index (χ2n) is 6.40. The average molecular weight is 199 g/mol. The van der Waals surface area contributed by atoms with Gasteiger partial charge in [0.15, 0.2) is 0 Å². The summed E-state index contributed by atoms with van der Waals surface area (Å²) in [6.45, 7) is 13.9. The van der Waals surface area contributed by atoms with Gasteiger partial charge in [0.25, 0.3) is 0 Å². The van der Waals surface area contributed by atoms with Crippen LogP contribution in [0.4, 0.5) is 0 Å². The first-order valence-corrected chi connectivity index (χ1v) is 5.65. The van der Waals surface area contributed by atoms with Crippen molar-refractivity contribution in [1.82, 2.24) is 4.90 Å². The first-order valence-electron chi connectivity index (χ1n) is 5.65. The maximum Gasteiger partial charge on any atom is 0.0748 e. The van der Waals surface area contributed by atoms with Crippen LogP contribution in [0.3, 0.4) is 0 Å². The van der Waals surface area contributed by atoms with Crippen molar-refractivity contribution in [2.45, 2.75) is 46.6 Å². The Hall–Kier alpha value is -0.0800. The molecule has 0 aromatic rings. The highest BCUT2D eigenvalue weighted by Gasteiger charge is 2.37. The summed E-state index contributed by atoms with van der Waals surface area (Å²) in [5, 5.41) is 10.1. The van der Waals surface area contributed by atoms with Gasteiger partial charge in [-0.15, -0.1) is 0 Å². The monoisotopic (exact) mass is 199 g/mol. The van der Waals surface area contributed by atoms with Gasteiger partial charge in [-0.3, -0.25) is 4.90 Å². The SMILES string of the molecule is CC(C)CC(C)(O)CN1CC(C)(C)C1. The van der Waals surface area contributed by atoms with Crippen molar-refractivity contribution in [2.75, 3.05) is 19.6 Å². The molecule has 0 bridgehead atoms. The van der Waals surface area contributed by atoms with E-state index in [0.717, 1.165) is 26.1 Å². The van der Waals surface area contributed by atoms with Gasteiger partial charge in [-0.25, -0.2) is 0 Å². The molecule has 1 atom stereocenters. The lowest BCUT2D eigenvalue weighted by Crippen LogP contribution is -2.57. The first-order chi connectivity index (χ1) is 6.20. The smallest absolute Gasteiger partial charge is 0.0748 e. The third-order valence-electron chi connectivity index (χ3n) is 2.72. The molecule has 1 saturated heterocycles. The predicted molar refractivity (Wildman–Crippen MR) is 60.3 cm³/mol. The fourth-order valence-electron chi connectivity index (χ4n) is 2.70. The zero-order valence-corrected chi connectivity index (χ0v) is 10.3. The van der Waals surface area contributed by atoms with Crippen molar-refractivity contribution in [3.8, 4) is 0 Å². The molecule has 14 heavy (non-hydrogen) atoms. The molecule has 1 heterocycles. The van der Waals surface area contributed by atoms with Gasteiger partial charge in [0, 0.05) is 19.6 Å². The van der Waals surface area contributed by atoms with Crippen LogP contribution in [-0.4, -0.2) is 35.2 Å². The molecule has 0 aromatic carbocycles. The molecule has 1 rings (SSSR count). The number of nitrogens with zero attached hydrogens (tertiary/aromatic N) is 1. The molecule has 0 spiro atoms. The molecule has 1 unspecified atom stereocenters. The molecular formula is C12H25NO. The van der Waals surface area contributed by atoms with Crippen LogP contribution in [0.25, 0.3) is 0 Å². The highest BCUT2D eigenvalue weighted by Crippen LogP contribution is 2.30. The van der Waals surface area contributed by atoms with Crippen molar-refractivity contribution < 1.29 is 5.11 Å². The van der Waals surface area contributed by atoms with Crippen LogP contribution < -0.4 is 0 Å². The Morgan fingerprint density at radius 2 is 1.86 bits per heavy atom. The van der Waals surface area contributed by atoms with Gasteiger partial charge >= 0.3 is 0 Å². The molecule has 0 aromatic heterocycles. The van der Waals surface area contributed by atoms with Gasteiger partial charge in [0.2, 0.25) is 0 Å². The van der Waals surface area contributed by atoms with Crippen LogP contribution >= 0.6 is 0 Å². The summed E-state index contributed by atoms with van der Waals surface area (Å²) >= 11 is 0. The maximum absolute atomic E-state index is 10.1. The van der Waals surface area contributed by atoms with Crippen LogP contribution in [0.1, 0.15) is 41.0 Å². The quantitative estimate of drug-likeness (QED) is 0.749. The van der Waals surface area contributed by atoms with Crippen LogP contribution in [-0.2, 0) is 0 Å². The molecule has 84 valence electrons. The van der Waals surface area contributed by atoms with E-state index in [2.05, 4.69) is 32.6 Å². The fourth-order valence-corrected chi connectivity index (χ4v) is 2.70. The summed E-state index contributed by atoms with van der Waals surface area (Å²) in [4.78, 5) is 2.35. The summed E-state index contributed by atoms with van der Waals surface area (Å²) in [7, 11) is 0. The van der Waals surface area contributed by atoms with E-state index < -0.39 is 5.60 Å². The van der Waals surface area contributed by atoms with Gasteiger partial charge in [0.05, 0.1) is 5.60 Å². The summed E-state index contributed by atoms with van der Waals surface area (Å²) in [6, 6.07) is 0. The normalized spacial score (nSPS) is 25.9. The summed E-state index contributed by atoms with van der Waals surface area (Å²) < 4.78 is 0. The molecule has 1 fully saturated rings. The lowest BCUT2D eigenvalue weighted by atomic mass is 9.82. The number of β-amino-alcohol motifs (C(OH)–C–C–N with tert-alkyl or cyclic N) is 1. The lowest BCUT2D eigenvalue weighted by molar-refractivity contribution is -0.0546. The van der Waals surface area contributed by atoms with Crippen LogP contribution in [0.5, 0.6) is 0 Å². The average Bonchev–Trinajstić information content (AvgIpc) is 1.76. The summed E-state index contributed by atoms with van der Waals surface area (Å²) in [6.07, 6.45) is 0.893. The molecule has 1 aliphatic heterocycles. The van der Waals surface area contributed by atoms with E-state index in [1.807, 2.05) is 6.92 Å². The third-order valence-corrected chi connectivity index (χ3v) is 2.72. The molecule has 0 saturated carbocycles. The second-order valence-corrected chi connectivity index (χ2v) is 6.40. The topological polar surface area (TPSA) is 23.5 Å². The van der Waals surface area contributed by atoms with E-state index in [1.54, 1.807) is 0 Å². The van der Waals surface area contributed by atoms with Gasteiger partial charge < -0.3 is 5.11 Å². The zero-order chi connectivity index (χ0) is 11.0. The maximum atomic E-state index is 10.1. The molecule has 0 aliphatic carbocycles. The molecule has 2 heteroatoms. The van der Waals surface area contributed by atoms with E-state index >= 15 is 0 Å². The van der Waals surface area contributed by atoms with Crippen molar-refractivity contribution in [2.24, 2.45) is 11.3 Å². The summed E-state index contributed by atoms with van der Waals surface area (Å²) in [5.74, 6) is 0.569. The minimum atomic E-state index is -0.509. The van der Waals surface area contributed by atoms with E-state index in [9.17, 15) is 5.11 Å². The highest BCUT2D eigenvalue weighted by molar-refractivity contribution is 4.91. The molecule has 1 aliphatic rings. The Labute approximate surface area is 88.3 Å². The Bertz CT molecular complexity index is 188. The lowest BCUT2D eigenvalue weighted by Gasteiger charge is -2.48. The minimum absolute atomic E-state index is 0.466. The largest absolute Gasteiger partial charge is 0.389 e. The van der Waals surface area contributed by atoms with Crippen LogP contribution in [0, 0.1) is 11.3 Å². The predicted octanol–water partition coefficient (Wildman–Crippen LogP) is 2.13. The van der Waals surface area contributed by atoms with Gasteiger partial charge in [-0.05, 0) is 24.7 Å². The molecule has 1 N–H and O–H groups in total. The first kappa shape index (κ1) is 12.0. The van der Waals surface area contributed by atoms with E-state index in [-0.39, 0.29) is 0 Å².